The van der Waals surface area contributed by atoms with E-state index in [-0.39, 0.29) is 5.91 Å². The molecule has 1 unspecified atom stereocenters. The Kier molecular flexibility index (Phi) is 5.09. The van der Waals surface area contributed by atoms with Crippen molar-refractivity contribution in [3.8, 4) is 0 Å². The number of rotatable bonds is 5. The van der Waals surface area contributed by atoms with E-state index in [1.54, 1.807) is 7.11 Å². The lowest BCUT2D eigenvalue weighted by Crippen LogP contribution is -2.36. The second-order valence-corrected chi connectivity index (χ2v) is 6.12. The van der Waals surface area contributed by atoms with Crippen LogP contribution in [0.5, 0.6) is 0 Å². The predicted octanol–water partition coefficient (Wildman–Crippen LogP) is 3.68. The Morgan fingerprint density at radius 2 is 1.91 bits per heavy atom. The highest BCUT2D eigenvalue weighted by molar-refractivity contribution is 5.94. The van der Waals surface area contributed by atoms with Crippen LogP contribution in [0.3, 0.4) is 0 Å². The van der Waals surface area contributed by atoms with Crippen LogP contribution in [0.15, 0.2) is 54.6 Å². The number of amides is 1. The Hall–Kier alpha value is -2.13. The third-order valence-corrected chi connectivity index (χ3v) is 4.44. The van der Waals surface area contributed by atoms with Gasteiger partial charge in [-0.05, 0) is 42.5 Å². The van der Waals surface area contributed by atoms with Gasteiger partial charge in [0.25, 0.3) is 5.91 Å². The fourth-order valence-corrected chi connectivity index (χ4v) is 3.33. The van der Waals surface area contributed by atoms with Gasteiger partial charge in [-0.2, -0.15) is 0 Å². The molecule has 1 aliphatic rings. The molecular formula is C20H23NO2. The molecule has 0 radical (unpaired) electrons. The molecular weight excluding hydrogens is 286 g/mol. The van der Waals surface area contributed by atoms with Crippen molar-refractivity contribution in [3.05, 3.63) is 71.3 Å². The lowest BCUT2D eigenvalue weighted by atomic mass is 10.0. The van der Waals surface area contributed by atoms with Crippen molar-refractivity contribution in [2.75, 3.05) is 13.7 Å². The number of methoxy groups -OCH3 is 1. The first-order valence-electron chi connectivity index (χ1n) is 8.20. The number of carbonyl (C=O) groups excluding carboxylic acids is 1. The number of benzene rings is 2. The van der Waals surface area contributed by atoms with Crippen molar-refractivity contribution in [3.63, 3.8) is 0 Å². The molecule has 23 heavy (non-hydrogen) atoms. The number of carbonyl (C=O) groups is 1. The molecule has 1 saturated heterocycles. The second kappa shape index (κ2) is 7.42. The largest absolute Gasteiger partial charge is 0.380 e. The van der Waals surface area contributed by atoms with Crippen LogP contribution < -0.4 is 0 Å². The van der Waals surface area contributed by atoms with E-state index in [9.17, 15) is 4.79 Å². The molecule has 0 bridgehead atoms. The second-order valence-electron chi connectivity index (χ2n) is 6.12. The van der Waals surface area contributed by atoms with Gasteiger partial charge in [0.1, 0.15) is 0 Å². The van der Waals surface area contributed by atoms with Gasteiger partial charge >= 0.3 is 0 Å². The van der Waals surface area contributed by atoms with Crippen LogP contribution >= 0.6 is 0 Å². The van der Waals surface area contributed by atoms with Crippen LogP contribution in [0, 0.1) is 0 Å². The van der Waals surface area contributed by atoms with Crippen molar-refractivity contribution < 1.29 is 9.53 Å². The zero-order valence-electron chi connectivity index (χ0n) is 13.6. The van der Waals surface area contributed by atoms with E-state index in [1.807, 2.05) is 35.2 Å². The van der Waals surface area contributed by atoms with E-state index < -0.39 is 0 Å². The lowest BCUT2D eigenvalue weighted by molar-refractivity contribution is 0.0736. The smallest absolute Gasteiger partial charge is 0.254 e. The molecule has 1 aliphatic heterocycles. The predicted molar refractivity (Wildman–Crippen MR) is 91.4 cm³/mol. The van der Waals surface area contributed by atoms with Gasteiger partial charge in [0.05, 0.1) is 6.61 Å². The van der Waals surface area contributed by atoms with Crippen LogP contribution in [0.2, 0.25) is 0 Å². The summed E-state index contributed by atoms with van der Waals surface area (Å²) in [6.07, 6.45) is 3.10. The minimum atomic E-state index is 0.140. The van der Waals surface area contributed by atoms with Gasteiger partial charge < -0.3 is 9.64 Å². The molecule has 0 saturated carbocycles. The number of nitrogens with zero attached hydrogens (tertiary/aromatic N) is 1. The van der Waals surface area contributed by atoms with Gasteiger partial charge in [0, 0.05) is 25.3 Å². The topological polar surface area (TPSA) is 29.5 Å². The highest BCUT2D eigenvalue weighted by Gasteiger charge is 2.29. The fourth-order valence-electron chi connectivity index (χ4n) is 3.33. The van der Waals surface area contributed by atoms with Crippen LogP contribution in [-0.4, -0.2) is 30.5 Å². The average molecular weight is 309 g/mol. The van der Waals surface area contributed by atoms with Crippen molar-refractivity contribution in [1.29, 1.82) is 0 Å². The van der Waals surface area contributed by atoms with Crippen molar-refractivity contribution >= 4 is 5.91 Å². The first-order valence-corrected chi connectivity index (χ1v) is 8.20. The molecule has 1 atom stereocenters. The zero-order chi connectivity index (χ0) is 16.1. The lowest BCUT2D eigenvalue weighted by Gasteiger charge is -2.25. The third-order valence-electron chi connectivity index (χ3n) is 4.44. The summed E-state index contributed by atoms with van der Waals surface area (Å²) in [5.74, 6) is 0.140. The van der Waals surface area contributed by atoms with Gasteiger partial charge in [-0.15, -0.1) is 0 Å². The minimum absolute atomic E-state index is 0.140. The Balaban J connectivity index is 1.74. The molecule has 1 amide bonds. The SMILES string of the molecule is COCc1cccc(C(=O)N2CCCC2Cc2ccccc2)c1. The third kappa shape index (κ3) is 3.80. The Morgan fingerprint density at radius 1 is 1.13 bits per heavy atom. The maximum atomic E-state index is 12.9. The summed E-state index contributed by atoms with van der Waals surface area (Å²) in [6.45, 7) is 1.39. The monoisotopic (exact) mass is 309 g/mol. The molecule has 2 aromatic rings. The normalized spacial score (nSPS) is 17.4. The quantitative estimate of drug-likeness (QED) is 0.843. The summed E-state index contributed by atoms with van der Waals surface area (Å²) in [6, 6.07) is 18.5. The van der Waals surface area contributed by atoms with Crippen LogP contribution in [-0.2, 0) is 17.8 Å². The molecule has 0 aliphatic carbocycles. The molecule has 3 heteroatoms. The molecule has 0 spiro atoms. The molecule has 1 heterocycles. The highest BCUT2D eigenvalue weighted by atomic mass is 16.5. The Bertz CT molecular complexity index is 654. The molecule has 3 rings (SSSR count). The first-order chi connectivity index (χ1) is 11.3. The van der Waals surface area contributed by atoms with E-state index in [4.69, 9.17) is 4.74 Å². The van der Waals surface area contributed by atoms with E-state index in [0.29, 0.717) is 12.6 Å². The first kappa shape index (κ1) is 15.8. The summed E-state index contributed by atoms with van der Waals surface area (Å²) in [7, 11) is 1.67. The standard InChI is InChI=1S/C20H23NO2/c1-23-15-17-9-5-10-18(13-17)20(22)21-12-6-11-19(21)14-16-7-3-2-4-8-16/h2-5,7-10,13,19H,6,11-12,14-15H2,1H3. The molecule has 120 valence electrons. The minimum Gasteiger partial charge on any atom is -0.380 e. The summed E-state index contributed by atoms with van der Waals surface area (Å²) in [5.41, 5.74) is 3.10. The Morgan fingerprint density at radius 3 is 2.70 bits per heavy atom. The molecule has 2 aromatic carbocycles. The van der Waals surface area contributed by atoms with E-state index >= 15 is 0 Å². The van der Waals surface area contributed by atoms with Gasteiger partial charge in [-0.25, -0.2) is 0 Å². The van der Waals surface area contributed by atoms with Crippen molar-refractivity contribution in [1.82, 2.24) is 4.90 Å². The highest BCUT2D eigenvalue weighted by Crippen LogP contribution is 2.23. The number of ether oxygens (including phenoxy) is 1. The number of hydrogen-bond acceptors (Lipinski definition) is 2. The van der Waals surface area contributed by atoms with Crippen LogP contribution in [0.1, 0.15) is 34.3 Å². The van der Waals surface area contributed by atoms with Gasteiger partial charge in [0.15, 0.2) is 0 Å². The summed E-state index contributed by atoms with van der Waals surface area (Å²) in [4.78, 5) is 14.9. The number of hydrogen-bond donors (Lipinski definition) is 0. The summed E-state index contributed by atoms with van der Waals surface area (Å²) >= 11 is 0. The molecule has 0 N–H and O–H groups in total. The maximum absolute atomic E-state index is 12.9. The van der Waals surface area contributed by atoms with Crippen LogP contribution in [0.25, 0.3) is 0 Å². The molecule has 3 nitrogen and oxygen atoms in total. The number of likely N-dealkylation sites (tertiary alicyclic amines) is 1. The zero-order valence-corrected chi connectivity index (χ0v) is 13.6. The van der Waals surface area contributed by atoms with Gasteiger partial charge in [-0.1, -0.05) is 42.5 Å². The van der Waals surface area contributed by atoms with Gasteiger partial charge in [0.2, 0.25) is 0 Å². The molecule has 1 fully saturated rings. The Labute approximate surface area is 137 Å². The fraction of sp³-hybridized carbons (Fsp3) is 0.350. The van der Waals surface area contributed by atoms with E-state index in [0.717, 1.165) is 36.9 Å². The summed E-state index contributed by atoms with van der Waals surface area (Å²) in [5, 5.41) is 0. The van der Waals surface area contributed by atoms with Crippen LogP contribution in [0.4, 0.5) is 0 Å². The van der Waals surface area contributed by atoms with Crippen molar-refractivity contribution in [2.45, 2.75) is 31.9 Å². The van der Waals surface area contributed by atoms with E-state index in [1.165, 1.54) is 5.56 Å². The molecule has 0 aromatic heterocycles. The average Bonchev–Trinajstić information content (AvgIpc) is 3.04. The van der Waals surface area contributed by atoms with E-state index in [2.05, 4.69) is 24.3 Å². The summed E-state index contributed by atoms with van der Waals surface area (Å²) < 4.78 is 5.16. The maximum Gasteiger partial charge on any atom is 0.254 e. The van der Waals surface area contributed by atoms with Crippen molar-refractivity contribution in [2.24, 2.45) is 0 Å². The van der Waals surface area contributed by atoms with Gasteiger partial charge in [-0.3, -0.25) is 4.79 Å².